The summed E-state index contributed by atoms with van der Waals surface area (Å²) in [5.41, 5.74) is 7.78. The molecule has 0 saturated carbocycles. The molecule has 2 aromatic carbocycles. The lowest BCUT2D eigenvalue weighted by Crippen LogP contribution is -2.24. The predicted molar refractivity (Wildman–Crippen MR) is 94.9 cm³/mol. The van der Waals surface area contributed by atoms with E-state index in [0.717, 1.165) is 5.56 Å². The number of sulfonamides is 1. The fourth-order valence-corrected chi connectivity index (χ4v) is 2.84. The number of aromatic nitrogens is 1. The van der Waals surface area contributed by atoms with Crippen LogP contribution < -0.4 is 11.1 Å². The summed E-state index contributed by atoms with van der Waals surface area (Å²) in [5, 5.41) is 2.54. The first-order valence-corrected chi connectivity index (χ1v) is 8.18. The van der Waals surface area contributed by atoms with E-state index in [1.54, 1.807) is 30.3 Å². The molecule has 0 saturated heterocycles. The third-order valence-corrected chi connectivity index (χ3v) is 4.37. The molecule has 0 unspecified atom stereocenters. The molecule has 0 spiro atoms. The van der Waals surface area contributed by atoms with Crippen molar-refractivity contribution in [3.63, 3.8) is 0 Å². The SMILES string of the molecule is Cc1ccc(S(=O)(=O)N=C(N)Nc2nc3ccccc3o2)cc1.Cl. The maximum absolute atomic E-state index is 12.2. The van der Waals surface area contributed by atoms with Crippen molar-refractivity contribution < 1.29 is 12.8 Å². The van der Waals surface area contributed by atoms with Gasteiger partial charge in [0, 0.05) is 0 Å². The summed E-state index contributed by atoms with van der Waals surface area (Å²) in [6.45, 7) is 1.86. The Balaban J connectivity index is 0.00000208. The molecule has 7 nitrogen and oxygen atoms in total. The van der Waals surface area contributed by atoms with Crippen molar-refractivity contribution >= 4 is 45.5 Å². The Hall–Kier alpha value is -2.58. The highest BCUT2D eigenvalue weighted by Crippen LogP contribution is 2.18. The number of halogens is 1. The van der Waals surface area contributed by atoms with Gasteiger partial charge in [0.05, 0.1) is 4.90 Å². The Bertz CT molecular complexity index is 948. The minimum Gasteiger partial charge on any atom is -0.423 e. The molecule has 3 rings (SSSR count). The first kappa shape index (κ1) is 17.8. The molecule has 0 atom stereocenters. The summed E-state index contributed by atoms with van der Waals surface area (Å²) >= 11 is 0. The molecule has 1 heterocycles. The number of hydrogen-bond acceptors (Lipinski definition) is 4. The van der Waals surface area contributed by atoms with Crippen molar-refractivity contribution in [2.75, 3.05) is 5.32 Å². The number of rotatable bonds is 3. The van der Waals surface area contributed by atoms with Gasteiger partial charge in [0.15, 0.2) is 5.58 Å². The molecule has 9 heteroatoms. The number of benzene rings is 2. The number of guanidine groups is 1. The van der Waals surface area contributed by atoms with Crippen LogP contribution in [0.3, 0.4) is 0 Å². The lowest BCUT2D eigenvalue weighted by Gasteiger charge is -2.02. The second-order valence-electron chi connectivity index (χ2n) is 4.88. The molecule has 3 N–H and O–H groups in total. The Morgan fingerprint density at radius 2 is 1.83 bits per heavy atom. The third-order valence-electron chi connectivity index (χ3n) is 3.07. The molecule has 0 amide bonds. The maximum Gasteiger partial charge on any atom is 0.302 e. The van der Waals surface area contributed by atoms with Gasteiger partial charge < -0.3 is 10.2 Å². The molecule has 0 bridgehead atoms. The number of aryl methyl sites for hydroxylation is 1. The number of nitrogens with one attached hydrogen (secondary N) is 1. The van der Waals surface area contributed by atoms with Gasteiger partial charge in [0.2, 0.25) is 5.96 Å². The van der Waals surface area contributed by atoms with Crippen LogP contribution in [0.25, 0.3) is 11.1 Å². The molecule has 24 heavy (non-hydrogen) atoms. The zero-order valence-electron chi connectivity index (χ0n) is 12.6. The van der Waals surface area contributed by atoms with E-state index in [-0.39, 0.29) is 29.3 Å². The van der Waals surface area contributed by atoms with Gasteiger partial charge in [0.1, 0.15) is 5.52 Å². The molecular formula is C15H15ClN4O3S. The van der Waals surface area contributed by atoms with E-state index < -0.39 is 10.0 Å². The van der Waals surface area contributed by atoms with Crippen LogP contribution in [0.1, 0.15) is 5.56 Å². The van der Waals surface area contributed by atoms with Gasteiger partial charge in [-0.15, -0.1) is 16.8 Å². The van der Waals surface area contributed by atoms with Crippen molar-refractivity contribution in [2.45, 2.75) is 11.8 Å². The predicted octanol–water partition coefficient (Wildman–Crippen LogP) is 2.67. The first-order chi connectivity index (χ1) is 10.9. The topological polar surface area (TPSA) is 111 Å². The Labute approximate surface area is 145 Å². The van der Waals surface area contributed by atoms with Crippen molar-refractivity contribution in [2.24, 2.45) is 10.1 Å². The van der Waals surface area contributed by atoms with E-state index in [9.17, 15) is 8.42 Å². The van der Waals surface area contributed by atoms with E-state index in [2.05, 4.69) is 14.7 Å². The highest BCUT2D eigenvalue weighted by Gasteiger charge is 2.14. The number of hydrogen-bond donors (Lipinski definition) is 2. The van der Waals surface area contributed by atoms with Gasteiger partial charge in [-0.05, 0) is 31.2 Å². The fourth-order valence-electron chi connectivity index (χ4n) is 1.95. The molecule has 0 aliphatic heterocycles. The zero-order valence-corrected chi connectivity index (χ0v) is 14.3. The second kappa shape index (κ2) is 6.90. The molecule has 0 aliphatic carbocycles. The van der Waals surface area contributed by atoms with Crippen LogP contribution in [-0.4, -0.2) is 19.4 Å². The number of para-hydroxylation sites is 2. The van der Waals surface area contributed by atoms with Crippen molar-refractivity contribution in [3.8, 4) is 0 Å². The second-order valence-corrected chi connectivity index (χ2v) is 6.48. The van der Waals surface area contributed by atoms with Gasteiger partial charge in [-0.2, -0.15) is 13.4 Å². The van der Waals surface area contributed by atoms with Crippen LogP contribution in [-0.2, 0) is 10.0 Å². The fraction of sp³-hybridized carbons (Fsp3) is 0.0667. The van der Waals surface area contributed by atoms with Crippen LogP contribution in [0, 0.1) is 6.92 Å². The summed E-state index contributed by atoms with van der Waals surface area (Å²) in [5.74, 6) is -0.322. The van der Waals surface area contributed by atoms with Crippen LogP contribution in [0.4, 0.5) is 6.01 Å². The standard InChI is InChI=1S/C15H14N4O3S.ClH/c1-10-6-8-11(9-7-10)23(20,21)19-14(16)18-15-17-12-4-2-3-5-13(12)22-15;/h2-9H,1H3,(H3,16,17,18,19);1H. The lowest BCUT2D eigenvalue weighted by molar-refractivity contribution is 0.598. The van der Waals surface area contributed by atoms with E-state index in [4.69, 9.17) is 10.2 Å². The van der Waals surface area contributed by atoms with E-state index in [1.807, 2.05) is 13.0 Å². The average Bonchev–Trinajstić information content (AvgIpc) is 2.88. The van der Waals surface area contributed by atoms with Crippen molar-refractivity contribution in [1.29, 1.82) is 0 Å². The zero-order chi connectivity index (χ0) is 16.4. The molecular weight excluding hydrogens is 352 g/mol. The van der Waals surface area contributed by atoms with E-state index in [0.29, 0.717) is 11.1 Å². The highest BCUT2D eigenvalue weighted by molar-refractivity contribution is 7.90. The Kier molecular flexibility index (Phi) is 5.10. The number of anilines is 1. The number of nitrogens with two attached hydrogens (primary N) is 1. The van der Waals surface area contributed by atoms with Crippen molar-refractivity contribution in [1.82, 2.24) is 4.98 Å². The summed E-state index contributed by atoms with van der Waals surface area (Å²) in [6, 6.07) is 13.5. The van der Waals surface area contributed by atoms with Crippen molar-refractivity contribution in [3.05, 3.63) is 54.1 Å². The Morgan fingerprint density at radius 3 is 2.50 bits per heavy atom. The minimum absolute atomic E-state index is 0. The van der Waals surface area contributed by atoms with Crippen LogP contribution in [0.5, 0.6) is 0 Å². The number of fused-ring (bicyclic) bond motifs is 1. The molecule has 0 radical (unpaired) electrons. The van der Waals surface area contributed by atoms with Gasteiger partial charge in [0.25, 0.3) is 10.0 Å². The lowest BCUT2D eigenvalue weighted by atomic mass is 10.2. The molecule has 3 aromatic rings. The summed E-state index contributed by atoms with van der Waals surface area (Å²) in [4.78, 5) is 4.19. The molecule has 1 aromatic heterocycles. The average molecular weight is 367 g/mol. The largest absolute Gasteiger partial charge is 0.423 e. The summed E-state index contributed by atoms with van der Waals surface area (Å²) in [6.07, 6.45) is 0. The van der Waals surface area contributed by atoms with Crippen LogP contribution in [0.15, 0.2) is 62.2 Å². The van der Waals surface area contributed by atoms with Gasteiger partial charge in [-0.3, -0.25) is 5.32 Å². The summed E-state index contributed by atoms with van der Waals surface area (Å²) < 4.78 is 33.2. The quantitative estimate of drug-likeness (QED) is 0.544. The first-order valence-electron chi connectivity index (χ1n) is 6.74. The van der Waals surface area contributed by atoms with E-state index >= 15 is 0 Å². The molecule has 0 fully saturated rings. The summed E-state index contributed by atoms with van der Waals surface area (Å²) in [7, 11) is -3.90. The van der Waals surface area contributed by atoms with E-state index in [1.165, 1.54) is 12.1 Å². The maximum atomic E-state index is 12.2. The van der Waals surface area contributed by atoms with Gasteiger partial charge in [-0.25, -0.2) is 0 Å². The monoisotopic (exact) mass is 366 g/mol. The smallest absolute Gasteiger partial charge is 0.302 e. The van der Waals surface area contributed by atoms with Crippen LogP contribution in [0.2, 0.25) is 0 Å². The number of oxazole rings is 1. The normalized spacial score (nSPS) is 12.0. The number of nitrogens with zero attached hydrogens (tertiary/aromatic N) is 2. The van der Waals surface area contributed by atoms with Gasteiger partial charge >= 0.3 is 6.01 Å². The van der Waals surface area contributed by atoms with Crippen LogP contribution >= 0.6 is 12.4 Å². The highest BCUT2D eigenvalue weighted by atomic mass is 35.5. The molecule has 0 aliphatic rings. The molecule has 126 valence electrons. The minimum atomic E-state index is -3.90. The Morgan fingerprint density at radius 1 is 1.17 bits per heavy atom. The van der Waals surface area contributed by atoms with Gasteiger partial charge in [-0.1, -0.05) is 29.8 Å². The third kappa shape index (κ3) is 3.84.